The van der Waals surface area contributed by atoms with E-state index in [0.717, 1.165) is 18.4 Å². The number of ether oxygens (including phenoxy) is 1. The molecule has 1 saturated carbocycles. The maximum Gasteiger partial charge on any atom is 0.258 e. The Kier molecular flexibility index (Phi) is 6.71. The fourth-order valence-electron chi connectivity index (χ4n) is 3.95. The lowest BCUT2D eigenvalue weighted by Crippen LogP contribution is -2.30. The van der Waals surface area contributed by atoms with Crippen molar-refractivity contribution in [1.29, 1.82) is 0 Å². The number of aromatic nitrogens is 3. The molecule has 1 aliphatic rings. The zero-order chi connectivity index (χ0) is 25.1. The van der Waals surface area contributed by atoms with E-state index in [0.29, 0.717) is 52.8 Å². The number of rotatable bonds is 10. The summed E-state index contributed by atoms with van der Waals surface area (Å²) in [7, 11) is 0. The highest BCUT2D eigenvalue weighted by Gasteiger charge is 2.23. The predicted molar refractivity (Wildman–Crippen MR) is 135 cm³/mol. The highest BCUT2D eigenvalue weighted by atomic mass is 16.5. The Bertz CT molecular complexity index is 1360. The molecule has 186 valence electrons. The predicted octanol–water partition coefficient (Wildman–Crippen LogP) is 3.90. The van der Waals surface area contributed by atoms with Gasteiger partial charge in [-0.15, -0.1) is 0 Å². The molecule has 36 heavy (non-hydrogen) atoms. The van der Waals surface area contributed by atoms with Crippen LogP contribution in [0.4, 0.5) is 0 Å². The van der Waals surface area contributed by atoms with Gasteiger partial charge in [0.2, 0.25) is 0 Å². The summed E-state index contributed by atoms with van der Waals surface area (Å²) in [6, 6.07) is 13.3. The second-order valence-electron chi connectivity index (χ2n) is 9.23. The smallest absolute Gasteiger partial charge is 0.258 e. The lowest BCUT2D eigenvalue weighted by Gasteiger charge is -2.11. The third kappa shape index (κ3) is 5.40. The topological polar surface area (TPSA) is 111 Å². The van der Waals surface area contributed by atoms with Gasteiger partial charge in [0.15, 0.2) is 18.0 Å². The fourth-order valence-corrected chi connectivity index (χ4v) is 3.95. The van der Waals surface area contributed by atoms with Gasteiger partial charge in [-0.3, -0.25) is 9.59 Å². The van der Waals surface area contributed by atoms with Gasteiger partial charge in [-0.25, -0.2) is 9.67 Å². The quantitative estimate of drug-likeness (QED) is 0.351. The summed E-state index contributed by atoms with van der Waals surface area (Å²) >= 11 is 0. The summed E-state index contributed by atoms with van der Waals surface area (Å²) in [5.74, 6) is 0.944. The second-order valence-corrected chi connectivity index (χ2v) is 9.23. The third-order valence-electron chi connectivity index (χ3n) is 6.01. The van der Waals surface area contributed by atoms with Crippen molar-refractivity contribution in [2.45, 2.75) is 45.2 Å². The highest BCUT2D eigenvalue weighted by molar-refractivity contribution is 6.06. The number of fused-ring (bicyclic) bond motifs is 1. The monoisotopic (exact) mass is 487 g/mol. The zero-order valence-electron chi connectivity index (χ0n) is 20.4. The van der Waals surface area contributed by atoms with Gasteiger partial charge in [0.25, 0.3) is 11.8 Å². The van der Waals surface area contributed by atoms with E-state index in [1.807, 2.05) is 44.2 Å². The average Bonchev–Trinajstić information content (AvgIpc) is 3.33. The van der Waals surface area contributed by atoms with Crippen LogP contribution < -0.4 is 15.4 Å². The van der Waals surface area contributed by atoms with E-state index in [1.54, 1.807) is 29.3 Å². The van der Waals surface area contributed by atoms with E-state index in [1.165, 1.54) is 0 Å². The third-order valence-corrected chi connectivity index (χ3v) is 6.01. The molecule has 0 aliphatic heterocycles. The summed E-state index contributed by atoms with van der Waals surface area (Å²) in [6.07, 6.45) is 6.02. The molecule has 3 heterocycles. The Labute approximate surface area is 208 Å². The van der Waals surface area contributed by atoms with Crippen LogP contribution in [-0.2, 0) is 11.2 Å². The summed E-state index contributed by atoms with van der Waals surface area (Å²) in [5.41, 5.74) is 2.78. The molecule has 2 amide bonds. The zero-order valence-corrected chi connectivity index (χ0v) is 20.4. The normalized spacial score (nSPS) is 13.2. The summed E-state index contributed by atoms with van der Waals surface area (Å²) < 4.78 is 12.9. The molecule has 0 bridgehead atoms. The molecule has 5 rings (SSSR count). The van der Waals surface area contributed by atoms with E-state index in [4.69, 9.17) is 14.1 Å². The second kappa shape index (κ2) is 10.2. The molecule has 1 aromatic carbocycles. The van der Waals surface area contributed by atoms with Crippen molar-refractivity contribution < 1.29 is 18.7 Å². The number of nitrogens with zero attached hydrogens (tertiary/aromatic N) is 3. The minimum absolute atomic E-state index is 0.0136. The molecule has 1 aliphatic carbocycles. The molecule has 0 atom stereocenters. The Balaban J connectivity index is 1.22. The number of carbonyl (C=O) groups is 2. The molecular formula is C27H29N5O4. The Morgan fingerprint density at radius 2 is 2.00 bits per heavy atom. The summed E-state index contributed by atoms with van der Waals surface area (Å²) in [4.78, 5) is 29.6. The number of carbonyl (C=O) groups excluding carboxylic acids is 2. The van der Waals surface area contributed by atoms with Gasteiger partial charge in [0.05, 0.1) is 23.4 Å². The summed E-state index contributed by atoms with van der Waals surface area (Å²) in [6.45, 7) is 4.51. The molecule has 9 heteroatoms. The van der Waals surface area contributed by atoms with Crippen LogP contribution in [-0.4, -0.2) is 45.8 Å². The minimum atomic E-state index is -0.194. The van der Waals surface area contributed by atoms with Crippen LogP contribution in [0.2, 0.25) is 0 Å². The number of hydrogen-bond donors (Lipinski definition) is 2. The fraction of sp³-hybridized carbons (Fsp3) is 0.333. The molecule has 2 N–H and O–H groups in total. The van der Waals surface area contributed by atoms with Crippen LogP contribution in [0.25, 0.3) is 22.5 Å². The van der Waals surface area contributed by atoms with Gasteiger partial charge in [-0.1, -0.05) is 12.1 Å². The van der Waals surface area contributed by atoms with Crippen molar-refractivity contribution in [1.82, 2.24) is 25.4 Å². The first-order valence-electron chi connectivity index (χ1n) is 12.2. The SMILES string of the molecule is CC(C)n1ncc2c(C(=O)NCCc3ccc(OCC(=O)NC4CC4)cc3)cc(-c3ccco3)nc21. The van der Waals surface area contributed by atoms with Crippen LogP contribution in [0.3, 0.4) is 0 Å². The maximum atomic E-state index is 13.2. The van der Waals surface area contributed by atoms with Crippen LogP contribution >= 0.6 is 0 Å². The number of pyridine rings is 1. The van der Waals surface area contributed by atoms with Crippen LogP contribution in [0.1, 0.15) is 48.7 Å². The maximum absolute atomic E-state index is 13.2. The molecule has 9 nitrogen and oxygen atoms in total. The molecule has 0 unspecified atom stereocenters. The van der Waals surface area contributed by atoms with Crippen molar-refractivity contribution in [2.24, 2.45) is 0 Å². The number of furan rings is 1. The van der Waals surface area contributed by atoms with E-state index in [9.17, 15) is 9.59 Å². The lowest BCUT2D eigenvalue weighted by atomic mass is 10.1. The minimum Gasteiger partial charge on any atom is -0.484 e. The van der Waals surface area contributed by atoms with Crippen molar-refractivity contribution >= 4 is 22.8 Å². The van der Waals surface area contributed by atoms with Gasteiger partial charge in [0, 0.05) is 18.6 Å². The lowest BCUT2D eigenvalue weighted by molar-refractivity contribution is -0.123. The molecule has 0 saturated heterocycles. The first-order valence-corrected chi connectivity index (χ1v) is 12.2. The van der Waals surface area contributed by atoms with Gasteiger partial charge in [-0.2, -0.15) is 5.10 Å². The number of benzene rings is 1. The largest absolute Gasteiger partial charge is 0.484 e. The Morgan fingerprint density at radius 1 is 1.19 bits per heavy atom. The van der Waals surface area contributed by atoms with Gasteiger partial charge in [0.1, 0.15) is 11.4 Å². The van der Waals surface area contributed by atoms with Gasteiger partial charge in [-0.05, 0) is 69.0 Å². The molecule has 1 fully saturated rings. The van der Waals surface area contributed by atoms with Crippen molar-refractivity contribution in [3.8, 4) is 17.2 Å². The average molecular weight is 488 g/mol. The molecule has 3 aromatic heterocycles. The van der Waals surface area contributed by atoms with Gasteiger partial charge >= 0.3 is 0 Å². The van der Waals surface area contributed by atoms with E-state index < -0.39 is 0 Å². The van der Waals surface area contributed by atoms with E-state index >= 15 is 0 Å². The van der Waals surface area contributed by atoms with Crippen LogP contribution in [0.15, 0.2) is 59.3 Å². The number of nitrogens with one attached hydrogen (secondary N) is 2. The van der Waals surface area contributed by atoms with Crippen molar-refractivity contribution in [3.63, 3.8) is 0 Å². The highest BCUT2D eigenvalue weighted by Crippen LogP contribution is 2.26. The van der Waals surface area contributed by atoms with E-state index in [2.05, 4.69) is 15.7 Å². The van der Waals surface area contributed by atoms with Crippen LogP contribution in [0, 0.1) is 0 Å². The molecular weight excluding hydrogens is 458 g/mol. The summed E-state index contributed by atoms with van der Waals surface area (Å²) in [5, 5.41) is 11.1. The Morgan fingerprint density at radius 3 is 2.69 bits per heavy atom. The van der Waals surface area contributed by atoms with Gasteiger partial charge < -0.3 is 19.8 Å². The first kappa shape index (κ1) is 23.6. The number of amides is 2. The van der Waals surface area contributed by atoms with E-state index in [-0.39, 0.29) is 24.5 Å². The van der Waals surface area contributed by atoms with Crippen molar-refractivity contribution in [2.75, 3.05) is 13.2 Å². The van der Waals surface area contributed by atoms with Crippen LogP contribution in [0.5, 0.6) is 5.75 Å². The molecule has 4 aromatic rings. The molecule has 0 spiro atoms. The van der Waals surface area contributed by atoms with Crippen molar-refractivity contribution in [3.05, 3.63) is 66.1 Å². The Hall–Kier alpha value is -4.14. The standard InChI is InChI=1S/C27H29N5O4/c1-17(2)32-26-22(15-29-32)21(14-23(31-26)24-4-3-13-35-24)27(34)28-12-11-18-5-9-20(10-6-18)36-16-25(33)30-19-7-8-19/h3-6,9-10,13-15,17,19H,7-8,11-12,16H2,1-2H3,(H,28,34)(H,30,33). The first-order chi connectivity index (χ1) is 17.5. The molecule has 0 radical (unpaired) electrons. The number of hydrogen-bond acceptors (Lipinski definition) is 6.